The molecule has 0 bridgehead atoms. The number of rotatable bonds is 3. The summed E-state index contributed by atoms with van der Waals surface area (Å²) in [6, 6.07) is 12.0. The molecule has 0 spiro atoms. The Kier molecular flexibility index (Phi) is 4.33. The molecule has 0 saturated heterocycles. The molecule has 2 aromatic rings. The van der Waals surface area contributed by atoms with Crippen molar-refractivity contribution in [3.05, 3.63) is 59.4 Å². The number of hydrogen-bond acceptors (Lipinski definition) is 2. The lowest BCUT2D eigenvalue weighted by molar-refractivity contribution is -0.117. The maximum absolute atomic E-state index is 13.0. The van der Waals surface area contributed by atoms with Crippen molar-refractivity contribution in [2.24, 2.45) is 0 Å². The molecule has 3 nitrogen and oxygen atoms in total. The molecule has 0 radical (unpaired) electrons. The van der Waals surface area contributed by atoms with E-state index in [1.807, 2.05) is 6.92 Å². The van der Waals surface area contributed by atoms with Crippen LogP contribution >= 0.6 is 0 Å². The highest BCUT2D eigenvalue weighted by Crippen LogP contribution is 2.29. The zero-order valence-corrected chi connectivity index (χ0v) is 13.5. The van der Waals surface area contributed by atoms with Crippen LogP contribution in [0.4, 0.5) is 15.8 Å². The number of halogens is 1. The molecule has 0 aliphatic carbocycles. The van der Waals surface area contributed by atoms with E-state index in [0.29, 0.717) is 5.69 Å². The fraction of sp³-hybridized carbons (Fsp3) is 0.316. The van der Waals surface area contributed by atoms with Crippen LogP contribution in [0.1, 0.15) is 24.5 Å². The average Bonchev–Trinajstić information content (AvgIpc) is 2.55. The Morgan fingerprint density at radius 1 is 1.22 bits per heavy atom. The standard InChI is InChI=1S/C19H21FN2O/c1-13-5-10-18-15(12-13)4-3-11-22(18)14(2)19(23)21-17-8-6-16(20)7-9-17/h5-10,12,14H,3-4,11H2,1-2H3,(H,21,23)/t14-/m0/s1. The molecular weight excluding hydrogens is 291 g/mol. The molecule has 1 amide bonds. The van der Waals surface area contributed by atoms with Crippen LogP contribution in [0.25, 0.3) is 0 Å². The second-order valence-electron chi connectivity index (χ2n) is 6.10. The van der Waals surface area contributed by atoms with Crippen LogP contribution in [0.3, 0.4) is 0 Å². The Morgan fingerprint density at radius 2 is 1.96 bits per heavy atom. The summed E-state index contributed by atoms with van der Waals surface area (Å²) < 4.78 is 13.0. The van der Waals surface area contributed by atoms with Gasteiger partial charge in [0.1, 0.15) is 11.9 Å². The van der Waals surface area contributed by atoms with Gasteiger partial charge in [-0.2, -0.15) is 0 Å². The van der Waals surface area contributed by atoms with Crippen LogP contribution in [0.15, 0.2) is 42.5 Å². The van der Waals surface area contributed by atoms with E-state index in [1.165, 1.54) is 23.3 Å². The van der Waals surface area contributed by atoms with Crippen molar-refractivity contribution in [3.8, 4) is 0 Å². The van der Waals surface area contributed by atoms with Gasteiger partial charge in [-0.25, -0.2) is 4.39 Å². The van der Waals surface area contributed by atoms with Crippen LogP contribution < -0.4 is 10.2 Å². The Bertz CT molecular complexity index is 712. The van der Waals surface area contributed by atoms with Gasteiger partial charge in [0.15, 0.2) is 0 Å². The number of benzene rings is 2. The number of hydrogen-bond donors (Lipinski definition) is 1. The van der Waals surface area contributed by atoms with E-state index >= 15 is 0 Å². The highest BCUT2D eigenvalue weighted by atomic mass is 19.1. The molecule has 1 heterocycles. The summed E-state index contributed by atoms with van der Waals surface area (Å²) in [7, 11) is 0. The predicted molar refractivity (Wildman–Crippen MR) is 91.3 cm³/mol. The van der Waals surface area contributed by atoms with Crippen molar-refractivity contribution in [1.29, 1.82) is 0 Å². The molecule has 3 rings (SSSR count). The number of fused-ring (bicyclic) bond motifs is 1. The largest absolute Gasteiger partial charge is 0.360 e. The van der Waals surface area contributed by atoms with Crippen molar-refractivity contribution >= 4 is 17.3 Å². The van der Waals surface area contributed by atoms with Gasteiger partial charge in [-0.3, -0.25) is 4.79 Å². The third-order valence-electron chi connectivity index (χ3n) is 4.35. The lowest BCUT2D eigenvalue weighted by atomic mass is 9.98. The van der Waals surface area contributed by atoms with E-state index < -0.39 is 0 Å². The molecule has 0 aromatic heterocycles. The molecule has 1 aliphatic heterocycles. The lowest BCUT2D eigenvalue weighted by Gasteiger charge is -2.35. The highest BCUT2D eigenvalue weighted by Gasteiger charge is 2.26. The van der Waals surface area contributed by atoms with Gasteiger partial charge < -0.3 is 10.2 Å². The number of aryl methyl sites for hydroxylation is 2. The first-order valence-electron chi connectivity index (χ1n) is 7.97. The van der Waals surface area contributed by atoms with Gasteiger partial charge in [-0.05, 0) is 62.6 Å². The van der Waals surface area contributed by atoms with Gasteiger partial charge in [0, 0.05) is 17.9 Å². The lowest BCUT2D eigenvalue weighted by Crippen LogP contribution is -2.44. The molecule has 120 valence electrons. The summed E-state index contributed by atoms with van der Waals surface area (Å²) in [4.78, 5) is 14.7. The van der Waals surface area contributed by atoms with E-state index in [9.17, 15) is 9.18 Å². The first-order chi connectivity index (χ1) is 11.0. The highest BCUT2D eigenvalue weighted by molar-refractivity contribution is 5.96. The second kappa shape index (κ2) is 6.41. The molecule has 1 N–H and O–H groups in total. The third kappa shape index (κ3) is 3.36. The number of anilines is 2. The minimum absolute atomic E-state index is 0.0787. The molecule has 1 atom stereocenters. The van der Waals surface area contributed by atoms with E-state index in [2.05, 4.69) is 35.3 Å². The first-order valence-corrected chi connectivity index (χ1v) is 7.97. The second-order valence-corrected chi connectivity index (χ2v) is 6.10. The van der Waals surface area contributed by atoms with E-state index in [1.54, 1.807) is 12.1 Å². The maximum atomic E-state index is 13.0. The molecule has 0 fully saturated rings. The average molecular weight is 312 g/mol. The van der Waals surface area contributed by atoms with Gasteiger partial charge in [0.2, 0.25) is 5.91 Å². The van der Waals surface area contributed by atoms with Gasteiger partial charge >= 0.3 is 0 Å². The number of nitrogens with zero attached hydrogens (tertiary/aromatic N) is 1. The normalized spacial score (nSPS) is 15.0. The minimum atomic E-state index is -0.309. The smallest absolute Gasteiger partial charge is 0.246 e. The third-order valence-corrected chi connectivity index (χ3v) is 4.35. The Labute approximate surface area is 136 Å². The number of amides is 1. The fourth-order valence-corrected chi connectivity index (χ4v) is 3.08. The topological polar surface area (TPSA) is 32.3 Å². The Morgan fingerprint density at radius 3 is 2.70 bits per heavy atom. The zero-order chi connectivity index (χ0) is 16.4. The fourth-order valence-electron chi connectivity index (χ4n) is 3.08. The zero-order valence-electron chi connectivity index (χ0n) is 13.5. The SMILES string of the molecule is Cc1ccc2c(c1)CCCN2[C@@H](C)C(=O)Nc1ccc(F)cc1. The summed E-state index contributed by atoms with van der Waals surface area (Å²) in [6.45, 7) is 4.87. The van der Waals surface area contributed by atoms with Crippen molar-refractivity contribution < 1.29 is 9.18 Å². The van der Waals surface area contributed by atoms with Gasteiger partial charge in [0.25, 0.3) is 0 Å². The molecule has 2 aromatic carbocycles. The summed E-state index contributed by atoms with van der Waals surface area (Å²) >= 11 is 0. The van der Waals surface area contributed by atoms with E-state index in [4.69, 9.17) is 0 Å². The van der Waals surface area contributed by atoms with Crippen LogP contribution in [-0.2, 0) is 11.2 Å². The number of nitrogens with one attached hydrogen (secondary N) is 1. The first kappa shape index (κ1) is 15.5. The van der Waals surface area contributed by atoms with Crippen LogP contribution in [-0.4, -0.2) is 18.5 Å². The molecule has 1 aliphatic rings. The maximum Gasteiger partial charge on any atom is 0.246 e. The van der Waals surface area contributed by atoms with Gasteiger partial charge in [-0.1, -0.05) is 17.7 Å². The van der Waals surface area contributed by atoms with Gasteiger partial charge in [0.05, 0.1) is 0 Å². The van der Waals surface area contributed by atoms with E-state index in [0.717, 1.165) is 25.1 Å². The predicted octanol–water partition coefficient (Wildman–Crippen LogP) is 3.91. The van der Waals surface area contributed by atoms with Crippen molar-refractivity contribution in [2.75, 3.05) is 16.8 Å². The molecule has 0 unspecified atom stereocenters. The van der Waals surface area contributed by atoms with E-state index in [-0.39, 0.29) is 17.8 Å². The van der Waals surface area contributed by atoms with Crippen LogP contribution in [0.5, 0.6) is 0 Å². The summed E-state index contributed by atoms with van der Waals surface area (Å²) in [5, 5.41) is 2.86. The van der Waals surface area contributed by atoms with Crippen LogP contribution in [0, 0.1) is 12.7 Å². The Balaban J connectivity index is 1.77. The minimum Gasteiger partial charge on any atom is -0.360 e. The summed E-state index contributed by atoms with van der Waals surface area (Å²) in [6.07, 6.45) is 2.10. The van der Waals surface area contributed by atoms with Crippen molar-refractivity contribution in [2.45, 2.75) is 32.7 Å². The number of carbonyl (C=O) groups is 1. The molecule has 0 saturated carbocycles. The quantitative estimate of drug-likeness (QED) is 0.932. The Hall–Kier alpha value is -2.36. The van der Waals surface area contributed by atoms with Crippen LogP contribution in [0.2, 0.25) is 0 Å². The monoisotopic (exact) mass is 312 g/mol. The summed E-state index contributed by atoms with van der Waals surface area (Å²) in [5.74, 6) is -0.388. The van der Waals surface area contributed by atoms with Crippen molar-refractivity contribution in [3.63, 3.8) is 0 Å². The van der Waals surface area contributed by atoms with Crippen molar-refractivity contribution in [1.82, 2.24) is 0 Å². The molecule has 23 heavy (non-hydrogen) atoms. The molecular formula is C19H21FN2O. The number of carbonyl (C=O) groups excluding carboxylic acids is 1. The van der Waals surface area contributed by atoms with Gasteiger partial charge in [-0.15, -0.1) is 0 Å². The summed E-state index contributed by atoms with van der Waals surface area (Å²) in [5.41, 5.74) is 4.31. The molecule has 4 heteroatoms.